The standard InChI is InChI=1S/C22H29N5O2S.C2H6/c1-5-7-16(6-2)21-25-18(19(23)28)22(30-21)26-20(29)17-10-8-15(9-11-17)14-24-12-13-27(3)4;1-2/h5,7-11,24H,1,6,12-14H2,2-4H3,(H2,23,28)(H,26,29);1-2H3/b16-7+;. The lowest BCUT2D eigenvalue weighted by Crippen LogP contribution is -2.26. The lowest BCUT2D eigenvalue weighted by molar-refractivity contribution is 0.0997. The molecule has 0 saturated heterocycles. The number of carbonyl (C=O) groups is 2. The lowest BCUT2D eigenvalue weighted by atomic mass is 10.1. The van der Waals surface area contributed by atoms with Crippen LogP contribution in [-0.2, 0) is 6.54 Å². The molecule has 0 aliphatic heterocycles. The third-order valence-corrected chi connectivity index (χ3v) is 5.39. The van der Waals surface area contributed by atoms with Gasteiger partial charge in [-0.15, -0.1) is 0 Å². The van der Waals surface area contributed by atoms with E-state index in [1.807, 2.05) is 53.1 Å². The number of anilines is 1. The second-order valence-corrected chi connectivity index (χ2v) is 7.97. The number of primary amides is 1. The SMILES string of the molecule is C=C/C=C(\CC)c1nc(C(N)=O)c(NC(=O)c2ccc(CNCCN(C)C)cc2)s1.CC. The number of likely N-dealkylation sites (N-methyl/N-ethyl adjacent to an activating group) is 1. The van der Waals surface area contributed by atoms with Crippen molar-refractivity contribution in [1.82, 2.24) is 15.2 Å². The minimum atomic E-state index is -0.680. The second-order valence-electron chi connectivity index (χ2n) is 6.97. The molecule has 0 aliphatic rings. The largest absolute Gasteiger partial charge is 0.364 e. The summed E-state index contributed by atoms with van der Waals surface area (Å²) in [6.07, 6.45) is 4.22. The van der Waals surface area contributed by atoms with Crippen molar-refractivity contribution in [3.05, 3.63) is 64.8 Å². The van der Waals surface area contributed by atoms with Crippen LogP contribution in [0.2, 0.25) is 0 Å². The molecule has 1 heterocycles. The number of hydrogen-bond acceptors (Lipinski definition) is 6. The van der Waals surface area contributed by atoms with E-state index < -0.39 is 5.91 Å². The van der Waals surface area contributed by atoms with Crippen LogP contribution in [0.25, 0.3) is 5.57 Å². The van der Waals surface area contributed by atoms with E-state index >= 15 is 0 Å². The van der Waals surface area contributed by atoms with E-state index in [1.165, 1.54) is 11.3 Å². The zero-order valence-corrected chi connectivity index (χ0v) is 20.5. The number of hydrogen-bond donors (Lipinski definition) is 3. The number of allylic oxidation sites excluding steroid dienone is 3. The van der Waals surface area contributed by atoms with Crippen molar-refractivity contribution < 1.29 is 9.59 Å². The highest BCUT2D eigenvalue weighted by atomic mass is 32.1. The number of aromatic nitrogens is 1. The molecule has 1 aromatic carbocycles. The van der Waals surface area contributed by atoms with Gasteiger partial charge in [0.25, 0.3) is 11.8 Å². The highest BCUT2D eigenvalue weighted by Gasteiger charge is 2.19. The molecule has 0 spiro atoms. The van der Waals surface area contributed by atoms with E-state index in [0.29, 0.717) is 15.6 Å². The molecule has 0 atom stereocenters. The fraction of sp³-hybridized carbons (Fsp3) is 0.375. The van der Waals surface area contributed by atoms with Crippen molar-refractivity contribution in [2.45, 2.75) is 33.7 Å². The predicted octanol–water partition coefficient (Wildman–Crippen LogP) is 4.15. The predicted molar refractivity (Wildman–Crippen MR) is 135 cm³/mol. The van der Waals surface area contributed by atoms with Crippen LogP contribution in [0.5, 0.6) is 0 Å². The zero-order valence-electron chi connectivity index (χ0n) is 19.7. The van der Waals surface area contributed by atoms with Gasteiger partial charge in [-0.1, -0.05) is 63.0 Å². The molecule has 2 amide bonds. The fourth-order valence-corrected chi connectivity index (χ4v) is 3.74. The minimum Gasteiger partial charge on any atom is -0.364 e. The van der Waals surface area contributed by atoms with Gasteiger partial charge in [0.2, 0.25) is 0 Å². The van der Waals surface area contributed by atoms with Crippen molar-refractivity contribution in [2.75, 3.05) is 32.5 Å². The van der Waals surface area contributed by atoms with Crippen molar-refractivity contribution in [1.29, 1.82) is 0 Å². The molecule has 8 heteroatoms. The Hall–Kier alpha value is -2.81. The zero-order chi connectivity index (χ0) is 24.1. The van der Waals surface area contributed by atoms with Crippen LogP contribution in [0.3, 0.4) is 0 Å². The Labute approximate surface area is 195 Å². The van der Waals surface area contributed by atoms with Gasteiger partial charge in [0.05, 0.1) is 0 Å². The monoisotopic (exact) mass is 457 g/mol. The number of thiazole rings is 1. The van der Waals surface area contributed by atoms with Crippen LogP contribution in [-0.4, -0.2) is 48.9 Å². The molecule has 0 saturated carbocycles. The average Bonchev–Trinajstić information content (AvgIpc) is 3.20. The number of benzene rings is 1. The van der Waals surface area contributed by atoms with Crippen LogP contribution in [0.4, 0.5) is 5.00 Å². The first kappa shape index (κ1) is 27.2. The Morgan fingerprint density at radius 3 is 2.41 bits per heavy atom. The Morgan fingerprint density at radius 1 is 1.22 bits per heavy atom. The van der Waals surface area contributed by atoms with Crippen LogP contribution in [0.15, 0.2) is 43.0 Å². The van der Waals surface area contributed by atoms with E-state index in [-0.39, 0.29) is 11.6 Å². The molecule has 0 aliphatic carbocycles. The van der Waals surface area contributed by atoms with Gasteiger partial charge in [0.15, 0.2) is 5.69 Å². The van der Waals surface area contributed by atoms with E-state index in [9.17, 15) is 9.59 Å². The molecule has 7 nitrogen and oxygen atoms in total. The molecular weight excluding hydrogens is 422 g/mol. The molecule has 0 unspecified atom stereocenters. The molecule has 174 valence electrons. The molecule has 32 heavy (non-hydrogen) atoms. The molecule has 1 aromatic heterocycles. The second kappa shape index (κ2) is 14.3. The Balaban J connectivity index is 0.00000249. The maximum atomic E-state index is 12.7. The number of nitrogens with one attached hydrogen (secondary N) is 2. The van der Waals surface area contributed by atoms with Crippen molar-refractivity contribution >= 4 is 33.7 Å². The van der Waals surface area contributed by atoms with E-state index in [0.717, 1.165) is 37.2 Å². The van der Waals surface area contributed by atoms with Gasteiger partial charge >= 0.3 is 0 Å². The van der Waals surface area contributed by atoms with E-state index in [1.54, 1.807) is 18.2 Å². The summed E-state index contributed by atoms with van der Waals surface area (Å²) in [4.78, 5) is 30.9. The van der Waals surface area contributed by atoms with Gasteiger partial charge in [-0.05, 0) is 43.8 Å². The van der Waals surface area contributed by atoms with E-state index in [2.05, 4.69) is 27.1 Å². The fourth-order valence-electron chi connectivity index (χ4n) is 2.68. The third-order valence-electron chi connectivity index (χ3n) is 4.34. The molecule has 4 N–H and O–H groups in total. The maximum absolute atomic E-state index is 12.7. The summed E-state index contributed by atoms with van der Waals surface area (Å²) in [7, 11) is 4.06. The van der Waals surface area contributed by atoms with Gasteiger partial charge in [0.1, 0.15) is 10.0 Å². The summed E-state index contributed by atoms with van der Waals surface area (Å²) in [6.45, 7) is 12.3. The number of carbonyl (C=O) groups excluding carboxylic acids is 2. The molecule has 0 radical (unpaired) electrons. The first-order chi connectivity index (χ1) is 15.3. The molecule has 0 bridgehead atoms. The number of amides is 2. The first-order valence-corrected chi connectivity index (χ1v) is 11.6. The van der Waals surface area contributed by atoms with Crippen LogP contribution < -0.4 is 16.4 Å². The van der Waals surface area contributed by atoms with Crippen molar-refractivity contribution in [3.8, 4) is 0 Å². The summed E-state index contributed by atoms with van der Waals surface area (Å²) in [5.41, 5.74) is 8.03. The highest BCUT2D eigenvalue weighted by molar-refractivity contribution is 7.17. The van der Waals surface area contributed by atoms with E-state index in [4.69, 9.17) is 5.73 Å². The van der Waals surface area contributed by atoms with Gasteiger partial charge in [-0.2, -0.15) is 0 Å². The van der Waals surface area contributed by atoms with Gasteiger partial charge in [-0.25, -0.2) is 4.98 Å². The normalized spacial score (nSPS) is 11.0. The molecule has 0 fully saturated rings. The number of rotatable bonds is 11. The maximum Gasteiger partial charge on any atom is 0.270 e. The quantitative estimate of drug-likeness (QED) is 0.348. The number of nitrogens with zero attached hydrogens (tertiary/aromatic N) is 2. The smallest absolute Gasteiger partial charge is 0.270 e. The average molecular weight is 458 g/mol. The van der Waals surface area contributed by atoms with Crippen molar-refractivity contribution in [3.63, 3.8) is 0 Å². The molecule has 2 aromatic rings. The summed E-state index contributed by atoms with van der Waals surface area (Å²) in [5.74, 6) is -0.994. The Bertz CT molecular complexity index is 917. The molecule has 2 rings (SSSR count). The lowest BCUT2D eigenvalue weighted by Gasteiger charge is -2.10. The number of nitrogens with two attached hydrogens (primary N) is 1. The third kappa shape index (κ3) is 8.37. The van der Waals surface area contributed by atoms with Crippen LogP contribution in [0.1, 0.15) is 58.6 Å². The highest BCUT2D eigenvalue weighted by Crippen LogP contribution is 2.31. The van der Waals surface area contributed by atoms with Gasteiger partial charge in [-0.3, -0.25) is 9.59 Å². The van der Waals surface area contributed by atoms with Crippen LogP contribution >= 0.6 is 11.3 Å². The van der Waals surface area contributed by atoms with Crippen molar-refractivity contribution in [2.24, 2.45) is 5.73 Å². The summed E-state index contributed by atoms with van der Waals surface area (Å²) in [6, 6.07) is 7.35. The summed E-state index contributed by atoms with van der Waals surface area (Å²) < 4.78 is 0. The molecular formula is C24H35N5O2S. The van der Waals surface area contributed by atoms with Gasteiger partial charge < -0.3 is 21.3 Å². The Kier molecular flexibility index (Phi) is 12.2. The first-order valence-electron chi connectivity index (χ1n) is 10.7. The van der Waals surface area contributed by atoms with Crippen LogP contribution in [0, 0.1) is 0 Å². The van der Waals surface area contributed by atoms with Gasteiger partial charge in [0, 0.05) is 25.2 Å². The minimum absolute atomic E-state index is 0.0634. The Morgan fingerprint density at radius 2 is 1.88 bits per heavy atom. The summed E-state index contributed by atoms with van der Waals surface area (Å²) >= 11 is 1.23. The topological polar surface area (TPSA) is 100 Å². The summed E-state index contributed by atoms with van der Waals surface area (Å²) in [5, 5.41) is 7.12.